The van der Waals surface area contributed by atoms with Crippen LogP contribution in [0, 0.1) is 11.3 Å². The van der Waals surface area contributed by atoms with Gasteiger partial charge in [-0.2, -0.15) is 0 Å². The summed E-state index contributed by atoms with van der Waals surface area (Å²) in [4.78, 5) is 34.8. The first-order chi connectivity index (χ1) is 15.2. The average Bonchev–Trinajstić information content (AvgIpc) is 3.46. The molecule has 164 valence electrons. The van der Waals surface area contributed by atoms with Crippen LogP contribution in [0.1, 0.15) is 68.3 Å². The number of rotatable bonds is 4. The van der Waals surface area contributed by atoms with Crippen LogP contribution in [0.2, 0.25) is 0 Å². The average molecular weight is 420 g/mol. The van der Waals surface area contributed by atoms with Crippen LogP contribution in [-0.4, -0.2) is 52.8 Å². The van der Waals surface area contributed by atoms with Crippen molar-refractivity contribution < 1.29 is 9.59 Å². The monoisotopic (exact) mass is 419 g/mol. The highest BCUT2D eigenvalue weighted by Crippen LogP contribution is 2.49. The second kappa shape index (κ2) is 8.60. The maximum absolute atomic E-state index is 13.6. The summed E-state index contributed by atoms with van der Waals surface area (Å²) in [5.41, 5.74) is 0.752. The third-order valence-electron chi connectivity index (χ3n) is 7.99. The van der Waals surface area contributed by atoms with Crippen molar-refractivity contribution in [1.82, 2.24) is 14.8 Å². The fourth-order valence-corrected chi connectivity index (χ4v) is 6.27. The molecule has 2 amide bonds. The van der Waals surface area contributed by atoms with Crippen LogP contribution in [0.15, 0.2) is 36.5 Å². The second-order valence-corrected chi connectivity index (χ2v) is 9.81. The number of hydrogen-bond acceptors (Lipinski definition) is 3. The molecule has 1 saturated carbocycles. The Morgan fingerprint density at radius 1 is 0.968 bits per heavy atom. The number of likely N-dealkylation sites (tertiary alicyclic amines) is 2. The van der Waals surface area contributed by atoms with E-state index in [1.165, 1.54) is 32.1 Å². The van der Waals surface area contributed by atoms with Gasteiger partial charge in [-0.3, -0.25) is 14.6 Å². The van der Waals surface area contributed by atoms with Gasteiger partial charge in [-0.15, -0.1) is 0 Å². The minimum atomic E-state index is 0.0510. The summed E-state index contributed by atoms with van der Waals surface area (Å²) >= 11 is 0. The highest BCUT2D eigenvalue weighted by Gasteiger charge is 2.48. The summed E-state index contributed by atoms with van der Waals surface area (Å²) in [7, 11) is 0. The number of pyridine rings is 1. The maximum atomic E-state index is 13.6. The van der Waals surface area contributed by atoms with Crippen molar-refractivity contribution in [2.45, 2.75) is 57.8 Å². The lowest BCUT2D eigenvalue weighted by Gasteiger charge is -2.38. The summed E-state index contributed by atoms with van der Waals surface area (Å²) in [6, 6.07) is 9.96. The predicted molar refractivity (Wildman–Crippen MR) is 122 cm³/mol. The van der Waals surface area contributed by atoms with E-state index in [9.17, 15) is 9.59 Å². The fraction of sp³-hybridized carbons (Fsp3) is 0.577. The first kappa shape index (κ1) is 20.5. The molecule has 1 spiro atoms. The lowest BCUT2D eigenvalue weighted by molar-refractivity contribution is -0.130. The first-order valence-electron chi connectivity index (χ1n) is 12.1. The highest BCUT2D eigenvalue weighted by atomic mass is 16.2. The van der Waals surface area contributed by atoms with Crippen LogP contribution >= 0.6 is 0 Å². The molecule has 1 unspecified atom stereocenters. The zero-order valence-electron chi connectivity index (χ0n) is 18.4. The molecule has 1 aromatic carbocycles. The molecule has 0 bridgehead atoms. The zero-order chi connectivity index (χ0) is 21.3. The number of nitrogens with zero attached hydrogens (tertiary/aromatic N) is 3. The van der Waals surface area contributed by atoms with E-state index in [0.29, 0.717) is 23.9 Å². The number of benzene rings is 1. The van der Waals surface area contributed by atoms with E-state index in [0.717, 1.165) is 56.2 Å². The van der Waals surface area contributed by atoms with Gasteiger partial charge in [0.25, 0.3) is 5.91 Å². The Morgan fingerprint density at radius 3 is 2.55 bits per heavy atom. The van der Waals surface area contributed by atoms with Crippen LogP contribution < -0.4 is 0 Å². The van der Waals surface area contributed by atoms with Gasteiger partial charge in [0.15, 0.2) is 0 Å². The molecular formula is C26H33N3O2. The predicted octanol–water partition coefficient (Wildman–Crippen LogP) is 4.66. The molecule has 1 aliphatic carbocycles. The molecule has 1 aromatic heterocycles. The Bertz CT molecular complexity index is 955. The third kappa shape index (κ3) is 3.95. The summed E-state index contributed by atoms with van der Waals surface area (Å²) in [5.74, 6) is 0.775. The van der Waals surface area contributed by atoms with Gasteiger partial charge in [0, 0.05) is 44.2 Å². The molecule has 31 heavy (non-hydrogen) atoms. The number of amides is 2. The summed E-state index contributed by atoms with van der Waals surface area (Å²) in [5, 5.41) is 1.99. The molecule has 2 aromatic rings. The van der Waals surface area contributed by atoms with Crippen LogP contribution in [-0.2, 0) is 4.79 Å². The van der Waals surface area contributed by atoms with E-state index < -0.39 is 0 Å². The largest absolute Gasteiger partial charge is 0.343 e. The lowest BCUT2D eigenvalue weighted by atomic mass is 9.66. The molecule has 0 radical (unpaired) electrons. The molecule has 3 fully saturated rings. The van der Waals surface area contributed by atoms with Crippen LogP contribution in [0.5, 0.6) is 0 Å². The zero-order valence-corrected chi connectivity index (χ0v) is 18.4. The topological polar surface area (TPSA) is 53.5 Å². The van der Waals surface area contributed by atoms with Crippen LogP contribution in [0.4, 0.5) is 0 Å². The summed E-state index contributed by atoms with van der Waals surface area (Å²) < 4.78 is 0. The molecule has 2 saturated heterocycles. The first-order valence-corrected chi connectivity index (χ1v) is 12.1. The van der Waals surface area contributed by atoms with Gasteiger partial charge in [0.2, 0.25) is 5.91 Å². The Balaban J connectivity index is 1.35. The third-order valence-corrected chi connectivity index (χ3v) is 7.99. The molecule has 5 heteroatoms. The molecule has 1 atom stereocenters. The van der Waals surface area contributed by atoms with Crippen LogP contribution in [0.25, 0.3) is 10.8 Å². The van der Waals surface area contributed by atoms with Gasteiger partial charge < -0.3 is 9.80 Å². The van der Waals surface area contributed by atoms with E-state index in [2.05, 4.69) is 4.98 Å². The minimum absolute atomic E-state index is 0.0510. The lowest BCUT2D eigenvalue weighted by Crippen LogP contribution is -2.35. The van der Waals surface area contributed by atoms with Gasteiger partial charge in [0.1, 0.15) is 5.69 Å². The molecule has 2 aliphatic heterocycles. The summed E-state index contributed by atoms with van der Waals surface area (Å²) in [6.07, 6.45) is 11.7. The molecule has 3 aliphatic rings. The van der Waals surface area contributed by atoms with Crippen molar-refractivity contribution in [3.63, 3.8) is 0 Å². The van der Waals surface area contributed by atoms with Crippen molar-refractivity contribution in [3.8, 4) is 0 Å². The summed E-state index contributed by atoms with van der Waals surface area (Å²) in [6.45, 7) is 3.42. The normalized spacial score (nSPS) is 23.0. The van der Waals surface area contributed by atoms with Crippen molar-refractivity contribution in [2.24, 2.45) is 11.3 Å². The van der Waals surface area contributed by atoms with E-state index in [1.54, 1.807) is 6.20 Å². The van der Waals surface area contributed by atoms with Crippen molar-refractivity contribution in [1.29, 1.82) is 0 Å². The smallest absolute Gasteiger partial charge is 0.273 e. The highest BCUT2D eigenvalue weighted by molar-refractivity contribution is 6.05. The standard InChI is InChI=1S/C26H33N3O2/c30-23(28-16-6-7-17-28)11-10-21-18-29(19-26(21)13-4-1-5-14-26)25(31)24-22-9-3-2-8-20(22)12-15-27-24/h2-3,8-9,12,15,21H,1,4-7,10-11,13-14,16-19H2. The Morgan fingerprint density at radius 2 is 1.74 bits per heavy atom. The van der Waals surface area contributed by atoms with E-state index in [4.69, 9.17) is 0 Å². The molecule has 0 N–H and O–H groups in total. The number of carbonyl (C=O) groups excluding carboxylic acids is 2. The van der Waals surface area contributed by atoms with Crippen molar-refractivity contribution in [2.75, 3.05) is 26.2 Å². The van der Waals surface area contributed by atoms with E-state index >= 15 is 0 Å². The van der Waals surface area contributed by atoms with E-state index in [-0.39, 0.29) is 11.3 Å². The van der Waals surface area contributed by atoms with Gasteiger partial charge in [0.05, 0.1) is 0 Å². The number of fused-ring (bicyclic) bond motifs is 1. The van der Waals surface area contributed by atoms with Crippen LogP contribution in [0.3, 0.4) is 0 Å². The van der Waals surface area contributed by atoms with E-state index in [1.807, 2.05) is 40.1 Å². The quantitative estimate of drug-likeness (QED) is 0.724. The Hall–Kier alpha value is -2.43. The number of aromatic nitrogens is 1. The number of carbonyl (C=O) groups is 2. The minimum Gasteiger partial charge on any atom is -0.343 e. The molecule has 5 nitrogen and oxygen atoms in total. The molecule has 5 rings (SSSR count). The van der Waals surface area contributed by atoms with Crippen molar-refractivity contribution >= 4 is 22.6 Å². The fourth-order valence-electron chi connectivity index (χ4n) is 6.27. The number of hydrogen-bond donors (Lipinski definition) is 0. The Labute approximate surface area is 184 Å². The van der Waals surface area contributed by atoms with Crippen molar-refractivity contribution in [3.05, 3.63) is 42.2 Å². The van der Waals surface area contributed by atoms with Gasteiger partial charge in [-0.05, 0) is 54.9 Å². The SMILES string of the molecule is O=C(CCC1CN(C(=O)c2nccc3ccccc23)CC12CCCCC2)N1CCCC1. The maximum Gasteiger partial charge on any atom is 0.273 e. The van der Waals surface area contributed by atoms with Gasteiger partial charge >= 0.3 is 0 Å². The molecular weight excluding hydrogens is 386 g/mol. The van der Waals surface area contributed by atoms with Gasteiger partial charge in [-0.25, -0.2) is 0 Å². The van der Waals surface area contributed by atoms with Gasteiger partial charge in [-0.1, -0.05) is 43.5 Å². The molecule has 3 heterocycles. The Kier molecular flexibility index (Phi) is 5.68. The second-order valence-electron chi connectivity index (χ2n) is 9.81.